The van der Waals surface area contributed by atoms with Crippen molar-refractivity contribution in [1.82, 2.24) is 15.2 Å². The van der Waals surface area contributed by atoms with Gasteiger partial charge < -0.3 is 19.9 Å². The SMILES string of the molecule is CNC(=S)N(Cc1cc2cc(C)ccc2[nH]c1=O)CC1CCCO1. The fourth-order valence-corrected chi connectivity index (χ4v) is 3.24. The molecule has 2 heterocycles. The summed E-state index contributed by atoms with van der Waals surface area (Å²) < 4.78 is 5.72. The number of pyridine rings is 1. The molecule has 5 nitrogen and oxygen atoms in total. The first-order valence-electron chi connectivity index (χ1n) is 8.27. The van der Waals surface area contributed by atoms with Gasteiger partial charge in [-0.15, -0.1) is 0 Å². The Kier molecular flexibility index (Phi) is 5.16. The third-order valence-electron chi connectivity index (χ3n) is 4.39. The van der Waals surface area contributed by atoms with Crippen molar-refractivity contribution in [2.75, 3.05) is 20.2 Å². The van der Waals surface area contributed by atoms with Crippen LogP contribution in [-0.4, -0.2) is 41.3 Å². The van der Waals surface area contributed by atoms with Crippen molar-refractivity contribution in [1.29, 1.82) is 0 Å². The predicted molar refractivity (Wildman–Crippen MR) is 100 cm³/mol. The van der Waals surface area contributed by atoms with Crippen molar-refractivity contribution < 1.29 is 4.74 Å². The molecule has 0 radical (unpaired) electrons. The van der Waals surface area contributed by atoms with Gasteiger partial charge in [0.2, 0.25) is 0 Å². The van der Waals surface area contributed by atoms with Gasteiger partial charge in [-0.2, -0.15) is 0 Å². The van der Waals surface area contributed by atoms with Crippen molar-refractivity contribution in [2.24, 2.45) is 0 Å². The molecule has 0 aliphatic carbocycles. The highest BCUT2D eigenvalue weighted by atomic mass is 32.1. The molecule has 1 aromatic carbocycles. The number of aromatic amines is 1. The summed E-state index contributed by atoms with van der Waals surface area (Å²) in [7, 11) is 1.80. The van der Waals surface area contributed by atoms with Crippen LogP contribution in [0.5, 0.6) is 0 Å². The number of ether oxygens (including phenoxy) is 1. The minimum absolute atomic E-state index is 0.0670. The van der Waals surface area contributed by atoms with E-state index >= 15 is 0 Å². The van der Waals surface area contributed by atoms with Crippen molar-refractivity contribution >= 4 is 28.2 Å². The lowest BCUT2D eigenvalue weighted by Gasteiger charge is -2.27. The van der Waals surface area contributed by atoms with Crippen LogP contribution in [0.2, 0.25) is 0 Å². The van der Waals surface area contributed by atoms with Crippen LogP contribution in [-0.2, 0) is 11.3 Å². The average molecular weight is 345 g/mol. The molecule has 0 amide bonds. The van der Waals surface area contributed by atoms with E-state index < -0.39 is 0 Å². The smallest absolute Gasteiger partial charge is 0.253 e. The van der Waals surface area contributed by atoms with E-state index in [-0.39, 0.29) is 11.7 Å². The Balaban J connectivity index is 1.87. The largest absolute Gasteiger partial charge is 0.376 e. The molecule has 0 bridgehead atoms. The van der Waals surface area contributed by atoms with Crippen LogP contribution >= 0.6 is 12.2 Å². The molecule has 0 saturated carbocycles. The molecule has 1 aliphatic heterocycles. The first-order chi connectivity index (χ1) is 11.6. The minimum atomic E-state index is -0.0670. The van der Waals surface area contributed by atoms with Gasteiger partial charge >= 0.3 is 0 Å². The number of hydrogen-bond donors (Lipinski definition) is 2. The van der Waals surface area contributed by atoms with Gasteiger partial charge in [-0.05, 0) is 55.6 Å². The average Bonchev–Trinajstić information content (AvgIpc) is 3.07. The summed E-state index contributed by atoms with van der Waals surface area (Å²) in [5.74, 6) is 0. The second-order valence-electron chi connectivity index (χ2n) is 6.29. The first kappa shape index (κ1) is 16.9. The fourth-order valence-electron chi connectivity index (χ4n) is 3.11. The Morgan fingerprint density at radius 3 is 3.00 bits per heavy atom. The van der Waals surface area contributed by atoms with E-state index in [1.165, 1.54) is 5.56 Å². The van der Waals surface area contributed by atoms with Crippen molar-refractivity contribution in [3.05, 3.63) is 45.7 Å². The Bertz CT molecular complexity index is 796. The van der Waals surface area contributed by atoms with Crippen LogP contribution < -0.4 is 10.9 Å². The summed E-state index contributed by atoms with van der Waals surface area (Å²) in [5.41, 5.74) is 2.67. The molecule has 1 aliphatic rings. The Morgan fingerprint density at radius 2 is 2.29 bits per heavy atom. The Hall–Kier alpha value is -1.92. The number of fused-ring (bicyclic) bond motifs is 1. The van der Waals surface area contributed by atoms with Crippen LogP contribution in [0.3, 0.4) is 0 Å². The van der Waals surface area contributed by atoms with E-state index in [1.54, 1.807) is 7.05 Å². The van der Waals surface area contributed by atoms with Gasteiger partial charge in [0.1, 0.15) is 0 Å². The quantitative estimate of drug-likeness (QED) is 0.833. The van der Waals surface area contributed by atoms with Crippen LogP contribution in [0.1, 0.15) is 24.0 Å². The van der Waals surface area contributed by atoms with Gasteiger partial charge in [-0.3, -0.25) is 4.79 Å². The number of aromatic nitrogens is 1. The molecular weight excluding hydrogens is 322 g/mol. The van der Waals surface area contributed by atoms with Gasteiger partial charge in [-0.1, -0.05) is 11.6 Å². The maximum Gasteiger partial charge on any atom is 0.253 e. The van der Waals surface area contributed by atoms with E-state index in [0.29, 0.717) is 23.8 Å². The third kappa shape index (κ3) is 3.76. The lowest BCUT2D eigenvalue weighted by molar-refractivity contribution is 0.0898. The van der Waals surface area contributed by atoms with E-state index in [2.05, 4.69) is 16.4 Å². The highest BCUT2D eigenvalue weighted by Gasteiger charge is 2.21. The van der Waals surface area contributed by atoms with Crippen molar-refractivity contribution in [3.8, 4) is 0 Å². The number of hydrogen-bond acceptors (Lipinski definition) is 3. The van der Waals surface area contributed by atoms with Crippen molar-refractivity contribution in [2.45, 2.75) is 32.4 Å². The number of nitrogens with zero attached hydrogens (tertiary/aromatic N) is 1. The third-order valence-corrected chi connectivity index (χ3v) is 4.85. The number of H-pyrrole nitrogens is 1. The van der Waals surface area contributed by atoms with E-state index in [9.17, 15) is 4.79 Å². The summed E-state index contributed by atoms with van der Waals surface area (Å²) >= 11 is 5.42. The lowest BCUT2D eigenvalue weighted by Crippen LogP contribution is -2.42. The highest BCUT2D eigenvalue weighted by molar-refractivity contribution is 7.80. The molecule has 128 valence electrons. The van der Waals surface area contributed by atoms with Gasteiger partial charge in [0.25, 0.3) is 5.56 Å². The van der Waals surface area contributed by atoms with Gasteiger partial charge in [0, 0.05) is 31.3 Å². The first-order valence-corrected chi connectivity index (χ1v) is 8.68. The summed E-state index contributed by atoms with van der Waals surface area (Å²) in [5, 5.41) is 4.69. The Labute approximate surface area is 147 Å². The monoisotopic (exact) mass is 345 g/mol. The van der Waals surface area contributed by atoms with Gasteiger partial charge in [-0.25, -0.2) is 0 Å². The van der Waals surface area contributed by atoms with Crippen LogP contribution in [0.15, 0.2) is 29.1 Å². The summed E-state index contributed by atoms with van der Waals surface area (Å²) in [4.78, 5) is 17.4. The number of nitrogens with one attached hydrogen (secondary N) is 2. The molecule has 1 unspecified atom stereocenters. The standard InChI is InChI=1S/C18H23N3O2S/c1-12-5-6-16-13(8-12)9-14(17(22)20-16)10-21(18(24)19-2)11-15-4-3-7-23-15/h5-6,8-9,15H,3-4,7,10-11H2,1-2H3,(H,19,24)(H,20,22). The minimum Gasteiger partial charge on any atom is -0.376 e. The second-order valence-corrected chi connectivity index (χ2v) is 6.67. The second kappa shape index (κ2) is 7.32. The Morgan fingerprint density at radius 1 is 1.46 bits per heavy atom. The molecule has 3 rings (SSSR count). The van der Waals surface area contributed by atoms with Gasteiger partial charge in [0.15, 0.2) is 5.11 Å². The fraction of sp³-hybridized carbons (Fsp3) is 0.444. The van der Waals surface area contributed by atoms with Crippen molar-refractivity contribution in [3.63, 3.8) is 0 Å². The molecule has 1 saturated heterocycles. The molecule has 6 heteroatoms. The molecule has 1 fully saturated rings. The number of aryl methyl sites for hydroxylation is 1. The zero-order valence-corrected chi connectivity index (χ0v) is 14.9. The maximum atomic E-state index is 12.4. The predicted octanol–water partition coefficient (Wildman–Crippen LogP) is 2.32. The molecule has 1 atom stereocenters. The zero-order chi connectivity index (χ0) is 17.1. The van der Waals surface area contributed by atoms with Crippen LogP contribution in [0.25, 0.3) is 10.9 Å². The number of rotatable bonds is 4. The highest BCUT2D eigenvalue weighted by Crippen LogP contribution is 2.17. The topological polar surface area (TPSA) is 57.4 Å². The molecule has 2 aromatic rings. The molecule has 0 spiro atoms. The molecule has 24 heavy (non-hydrogen) atoms. The summed E-state index contributed by atoms with van der Waals surface area (Å²) in [6.07, 6.45) is 2.30. The number of benzene rings is 1. The summed E-state index contributed by atoms with van der Waals surface area (Å²) in [6, 6.07) is 7.98. The van der Waals surface area contributed by atoms with Gasteiger partial charge in [0.05, 0.1) is 12.6 Å². The maximum absolute atomic E-state index is 12.4. The zero-order valence-electron chi connectivity index (χ0n) is 14.1. The van der Waals surface area contributed by atoms with E-state index in [4.69, 9.17) is 17.0 Å². The summed E-state index contributed by atoms with van der Waals surface area (Å²) in [6.45, 7) is 4.02. The molecule has 1 aromatic heterocycles. The number of thiocarbonyl (C=S) groups is 1. The van der Waals surface area contributed by atoms with Crippen LogP contribution in [0.4, 0.5) is 0 Å². The van der Waals surface area contributed by atoms with E-state index in [0.717, 1.165) is 30.4 Å². The lowest BCUT2D eigenvalue weighted by atomic mass is 10.1. The normalized spacial score (nSPS) is 17.2. The van der Waals surface area contributed by atoms with Crippen LogP contribution in [0, 0.1) is 6.92 Å². The molecular formula is C18H23N3O2S. The molecule has 2 N–H and O–H groups in total. The van der Waals surface area contributed by atoms with E-state index in [1.807, 2.05) is 30.0 Å².